The summed E-state index contributed by atoms with van der Waals surface area (Å²) in [5.74, 6) is 0. The molecule has 1 heterocycles. The van der Waals surface area contributed by atoms with E-state index in [1.54, 1.807) is 0 Å². The molecule has 0 spiro atoms. The molecule has 2 atom stereocenters. The topological polar surface area (TPSA) is 35.2 Å². The van der Waals surface area contributed by atoms with Crippen LogP contribution in [0.1, 0.15) is 18.9 Å². The van der Waals surface area contributed by atoms with Crippen LogP contribution in [0, 0.1) is 0 Å². The summed E-state index contributed by atoms with van der Waals surface area (Å²) in [6.45, 7) is 3.65. The van der Waals surface area contributed by atoms with E-state index in [2.05, 4.69) is 43.3 Å². The third-order valence-electron chi connectivity index (χ3n) is 3.78. The number of hydrogen-bond donors (Lipinski definition) is 1. The Morgan fingerprint density at radius 3 is 2.68 bits per heavy atom. The molecule has 3 rings (SSSR count). The van der Waals surface area contributed by atoms with Gasteiger partial charge >= 0.3 is 0 Å². The molecule has 3 heteroatoms. The van der Waals surface area contributed by atoms with E-state index in [0.717, 1.165) is 13.0 Å². The summed E-state index contributed by atoms with van der Waals surface area (Å²) in [6, 6.07) is 12.9. The molecule has 1 aliphatic rings. The standard InChI is InChI=1S/C16H19NOS/c1-11-15(8-9-18-11)19-16-7-6-12(10-17)13-4-2-3-5-14(13)16/h2-7,11,15H,8-10,17H2,1H3. The molecule has 2 N–H and O–H groups in total. The van der Waals surface area contributed by atoms with Crippen molar-refractivity contribution >= 4 is 22.5 Å². The fourth-order valence-corrected chi connectivity index (χ4v) is 3.91. The Labute approximate surface area is 118 Å². The van der Waals surface area contributed by atoms with Gasteiger partial charge in [0.2, 0.25) is 0 Å². The van der Waals surface area contributed by atoms with Crippen LogP contribution in [0.3, 0.4) is 0 Å². The first-order valence-corrected chi connectivity index (χ1v) is 7.66. The summed E-state index contributed by atoms with van der Waals surface area (Å²) in [6.07, 6.45) is 1.48. The van der Waals surface area contributed by atoms with E-state index in [0.29, 0.717) is 17.9 Å². The Bertz CT molecular complexity index is 584. The predicted molar refractivity (Wildman–Crippen MR) is 81.5 cm³/mol. The largest absolute Gasteiger partial charge is 0.377 e. The van der Waals surface area contributed by atoms with Gasteiger partial charge in [0.1, 0.15) is 0 Å². The van der Waals surface area contributed by atoms with Crippen molar-refractivity contribution in [3.8, 4) is 0 Å². The maximum Gasteiger partial charge on any atom is 0.0669 e. The fraction of sp³-hybridized carbons (Fsp3) is 0.375. The first-order valence-electron chi connectivity index (χ1n) is 6.78. The molecule has 2 aromatic rings. The lowest BCUT2D eigenvalue weighted by Gasteiger charge is -2.16. The maximum absolute atomic E-state index is 5.82. The van der Waals surface area contributed by atoms with Crippen LogP contribution >= 0.6 is 11.8 Å². The smallest absolute Gasteiger partial charge is 0.0669 e. The second kappa shape index (κ2) is 5.53. The third kappa shape index (κ3) is 2.50. The second-order valence-electron chi connectivity index (χ2n) is 4.99. The number of benzene rings is 2. The SMILES string of the molecule is CC1OCCC1Sc1ccc(CN)c2ccccc12. The number of rotatable bonds is 3. The van der Waals surface area contributed by atoms with Crippen LogP contribution in [-0.4, -0.2) is 18.0 Å². The Kier molecular flexibility index (Phi) is 3.78. The first kappa shape index (κ1) is 13.0. The number of nitrogens with two attached hydrogens (primary N) is 1. The molecule has 2 unspecified atom stereocenters. The molecule has 1 fully saturated rings. The zero-order chi connectivity index (χ0) is 13.2. The molecule has 2 nitrogen and oxygen atoms in total. The van der Waals surface area contributed by atoms with E-state index in [1.807, 2.05) is 11.8 Å². The second-order valence-corrected chi connectivity index (χ2v) is 6.27. The summed E-state index contributed by atoms with van der Waals surface area (Å²) in [5.41, 5.74) is 7.04. The lowest BCUT2D eigenvalue weighted by atomic mass is 10.0. The highest BCUT2D eigenvalue weighted by atomic mass is 32.2. The zero-order valence-electron chi connectivity index (χ0n) is 11.1. The molecule has 0 aliphatic carbocycles. The van der Waals surface area contributed by atoms with Crippen molar-refractivity contribution in [2.45, 2.75) is 36.1 Å². The molecule has 19 heavy (non-hydrogen) atoms. The van der Waals surface area contributed by atoms with Gasteiger partial charge in [-0.2, -0.15) is 0 Å². The molecule has 100 valence electrons. The molecular weight excluding hydrogens is 254 g/mol. The molecule has 0 aromatic heterocycles. The van der Waals surface area contributed by atoms with Crippen LogP contribution in [-0.2, 0) is 11.3 Å². The molecule has 2 aromatic carbocycles. The summed E-state index contributed by atoms with van der Waals surface area (Å²) in [5, 5.41) is 3.16. The lowest BCUT2D eigenvalue weighted by molar-refractivity contribution is 0.127. The van der Waals surface area contributed by atoms with Crippen molar-refractivity contribution in [3.63, 3.8) is 0 Å². The van der Waals surface area contributed by atoms with Crippen LogP contribution in [0.2, 0.25) is 0 Å². The molecular formula is C16H19NOS. The van der Waals surface area contributed by atoms with Crippen LogP contribution in [0.25, 0.3) is 10.8 Å². The van der Waals surface area contributed by atoms with E-state index in [4.69, 9.17) is 10.5 Å². The summed E-state index contributed by atoms with van der Waals surface area (Å²) < 4.78 is 5.65. The Hall–Kier alpha value is -1.03. The maximum atomic E-state index is 5.82. The monoisotopic (exact) mass is 273 g/mol. The van der Waals surface area contributed by atoms with Gasteiger partial charge in [0.25, 0.3) is 0 Å². The fourth-order valence-electron chi connectivity index (χ4n) is 2.64. The molecule has 0 bridgehead atoms. The van der Waals surface area contributed by atoms with Crippen molar-refractivity contribution in [2.75, 3.05) is 6.61 Å². The Morgan fingerprint density at radius 2 is 2.00 bits per heavy atom. The number of hydrogen-bond acceptors (Lipinski definition) is 3. The summed E-state index contributed by atoms with van der Waals surface area (Å²) >= 11 is 1.94. The Morgan fingerprint density at radius 1 is 1.21 bits per heavy atom. The third-order valence-corrected chi connectivity index (χ3v) is 5.31. The van der Waals surface area contributed by atoms with Crippen LogP contribution < -0.4 is 5.73 Å². The van der Waals surface area contributed by atoms with Crippen molar-refractivity contribution in [1.29, 1.82) is 0 Å². The van der Waals surface area contributed by atoms with Gasteiger partial charge in [-0.3, -0.25) is 0 Å². The number of fused-ring (bicyclic) bond motifs is 1. The van der Waals surface area contributed by atoms with Crippen LogP contribution in [0.15, 0.2) is 41.3 Å². The number of ether oxygens (including phenoxy) is 1. The van der Waals surface area contributed by atoms with Gasteiger partial charge in [0, 0.05) is 23.3 Å². The highest BCUT2D eigenvalue weighted by Crippen LogP contribution is 2.37. The minimum atomic E-state index is 0.345. The van der Waals surface area contributed by atoms with E-state index < -0.39 is 0 Å². The van der Waals surface area contributed by atoms with Gasteiger partial charge in [0.15, 0.2) is 0 Å². The van der Waals surface area contributed by atoms with Crippen molar-refractivity contribution in [3.05, 3.63) is 42.0 Å². The molecule has 0 radical (unpaired) electrons. The van der Waals surface area contributed by atoms with E-state index >= 15 is 0 Å². The molecule has 0 saturated carbocycles. The van der Waals surface area contributed by atoms with Crippen molar-refractivity contribution in [2.24, 2.45) is 5.73 Å². The quantitative estimate of drug-likeness (QED) is 0.928. The van der Waals surface area contributed by atoms with Gasteiger partial charge in [-0.15, -0.1) is 11.8 Å². The molecule has 1 aliphatic heterocycles. The van der Waals surface area contributed by atoms with Crippen molar-refractivity contribution in [1.82, 2.24) is 0 Å². The summed E-state index contributed by atoms with van der Waals surface area (Å²) in [7, 11) is 0. The number of thioether (sulfide) groups is 1. The van der Waals surface area contributed by atoms with E-state index in [-0.39, 0.29) is 0 Å². The van der Waals surface area contributed by atoms with E-state index in [9.17, 15) is 0 Å². The highest BCUT2D eigenvalue weighted by molar-refractivity contribution is 8.00. The van der Waals surface area contributed by atoms with Gasteiger partial charge in [0.05, 0.1) is 6.10 Å². The Balaban J connectivity index is 2.00. The minimum absolute atomic E-state index is 0.345. The van der Waals surface area contributed by atoms with Gasteiger partial charge < -0.3 is 10.5 Å². The van der Waals surface area contributed by atoms with Crippen LogP contribution in [0.4, 0.5) is 0 Å². The van der Waals surface area contributed by atoms with E-state index in [1.165, 1.54) is 21.2 Å². The lowest BCUT2D eigenvalue weighted by Crippen LogP contribution is -2.13. The average Bonchev–Trinajstić information content (AvgIpc) is 2.85. The van der Waals surface area contributed by atoms with Crippen molar-refractivity contribution < 1.29 is 4.74 Å². The predicted octanol–water partition coefficient (Wildman–Crippen LogP) is 3.57. The normalized spacial score (nSPS) is 23.1. The highest BCUT2D eigenvalue weighted by Gasteiger charge is 2.25. The van der Waals surface area contributed by atoms with Crippen LogP contribution in [0.5, 0.6) is 0 Å². The molecule has 0 amide bonds. The zero-order valence-corrected chi connectivity index (χ0v) is 12.0. The van der Waals surface area contributed by atoms with Gasteiger partial charge in [-0.1, -0.05) is 30.3 Å². The molecule has 1 saturated heterocycles. The van der Waals surface area contributed by atoms with Gasteiger partial charge in [-0.25, -0.2) is 0 Å². The average molecular weight is 273 g/mol. The minimum Gasteiger partial charge on any atom is -0.377 e. The van der Waals surface area contributed by atoms with Gasteiger partial charge in [-0.05, 0) is 35.7 Å². The first-order chi connectivity index (χ1) is 9.29. The summed E-state index contributed by atoms with van der Waals surface area (Å²) in [4.78, 5) is 1.34.